The normalized spacial score (nSPS) is 21.3. The fraction of sp³-hybridized carbons (Fsp3) is 0.316. The van der Waals surface area contributed by atoms with Crippen LogP contribution in [0.5, 0.6) is 0 Å². The zero-order chi connectivity index (χ0) is 17.1. The molecule has 0 aliphatic carbocycles. The minimum absolute atomic E-state index is 0.0667. The van der Waals surface area contributed by atoms with Gasteiger partial charge in [0.05, 0.1) is 5.69 Å². The summed E-state index contributed by atoms with van der Waals surface area (Å²) in [5.41, 5.74) is 0.136. The van der Waals surface area contributed by atoms with E-state index in [1.165, 1.54) is 0 Å². The van der Waals surface area contributed by atoms with Gasteiger partial charge in [-0.05, 0) is 31.5 Å². The molecule has 1 saturated heterocycles. The van der Waals surface area contributed by atoms with Gasteiger partial charge in [0.1, 0.15) is 0 Å². The van der Waals surface area contributed by atoms with E-state index < -0.39 is 5.67 Å². The van der Waals surface area contributed by atoms with Crippen molar-refractivity contribution in [3.63, 3.8) is 0 Å². The van der Waals surface area contributed by atoms with Gasteiger partial charge in [0, 0.05) is 24.8 Å². The predicted octanol–water partition coefficient (Wildman–Crippen LogP) is 3.59. The van der Waals surface area contributed by atoms with E-state index in [1.54, 1.807) is 6.20 Å². The number of pyridine rings is 1. The fourth-order valence-electron chi connectivity index (χ4n) is 3.24. The maximum absolute atomic E-state index is 15.5. The Kier molecular flexibility index (Phi) is 4.28. The van der Waals surface area contributed by atoms with E-state index >= 15 is 4.39 Å². The number of likely N-dealkylation sites (tertiary alicyclic amines) is 1. The molecule has 1 atom stereocenters. The number of halogens is 1. The molecular formula is C19H19FN4O. The second kappa shape index (κ2) is 6.72. The quantitative estimate of drug-likeness (QED) is 0.727. The standard InChI is InChI=1S/C19H19FN4O/c20-19(18-22-17(23-25-18)15-7-2-1-3-8-15)10-6-12-24(14-19)13-16-9-4-5-11-21-16/h1-5,7-9,11H,6,10,12-14H2. The molecule has 6 heteroatoms. The molecule has 1 aromatic carbocycles. The molecule has 2 aromatic heterocycles. The summed E-state index contributed by atoms with van der Waals surface area (Å²) in [6.07, 6.45) is 2.89. The maximum Gasteiger partial charge on any atom is 0.265 e. The average molecular weight is 338 g/mol. The van der Waals surface area contributed by atoms with Crippen molar-refractivity contribution in [2.45, 2.75) is 25.1 Å². The van der Waals surface area contributed by atoms with Gasteiger partial charge in [-0.3, -0.25) is 9.88 Å². The number of benzene rings is 1. The van der Waals surface area contributed by atoms with Crippen molar-refractivity contribution in [1.29, 1.82) is 0 Å². The van der Waals surface area contributed by atoms with Crippen LogP contribution in [0.4, 0.5) is 4.39 Å². The molecule has 1 aliphatic rings. The van der Waals surface area contributed by atoms with Crippen molar-refractivity contribution in [2.24, 2.45) is 0 Å². The topological polar surface area (TPSA) is 55.1 Å². The summed E-state index contributed by atoms with van der Waals surface area (Å²) < 4.78 is 20.8. The number of aromatic nitrogens is 3. The Morgan fingerprint density at radius 3 is 2.76 bits per heavy atom. The predicted molar refractivity (Wildman–Crippen MR) is 91.3 cm³/mol. The van der Waals surface area contributed by atoms with Gasteiger partial charge in [0.15, 0.2) is 0 Å². The molecule has 0 saturated carbocycles. The Labute approximate surface area is 145 Å². The summed E-state index contributed by atoms with van der Waals surface area (Å²) in [6, 6.07) is 15.2. The second-order valence-corrected chi connectivity index (χ2v) is 6.39. The summed E-state index contributed by atoms with van der Waals surface area (Å²) in [6.45, 7) is 1.69. The number of nitrogens with zero attached hydrogens (tertiary/aromatic N) is 4. The van der Waals surface area contributed by atoms with Crippen LogP contribution < -0.4 is 0 Å². The SMILES string of the molecule is FC1(c2nc(-c3ccccc3)no2)CCCN(Cc2ccccn2)C1. The van der Waals surface area contributed by atoms with Crippen LogP contribution in [0.15, 0.2) is 59.3 Å². The van der Waals surface area contributed by atoms with E-state index in [4.69, 9.17) is 4.52 Å². The summed E-state index contributed by atoms with van der Waals surface area (Å²) in [7, 11) is 0. The van der Waals surface area contributed by atoms with E-state index in [0.717, 1.165) is 24.2 Å². The van der Waals surface area contributed by atoms with Gasteiger partial charge < -0.3 is 4.52 Å². The number of alkyl halides is 1. The first-order chi connectivity index (χ1) is 12.2. The lowest BCUT2D eigenvalue weighted by Crippen LogP contribution is -2.43. The van der Waals surface area contributed by atoms with Gasteiger partial charge in [-0.2, -0.15) is 4.98 Å². The van der Waals surface area contributed by atoms with Gasteiger partial charge in [-0.25, -0.2) is 4.39 Å². The van der Waals surface area contributed by atoms with Crippen molar-refractivity contribution in [2.75, 3.05) is 13.1 Å². The second-order valence-electron chi connectivity index (χ2n) is 6.39. The zero-order valence-electron chi connectivity index (χ0n) is 13.8. The number of hydrogen-bond donors (Lipinski definition) is 0. The molecule has 1 aliphatic heterocycles. The van der Waals surface area contributed by atoms with E-state index in [9.17, 15) is 0 Å². The van der Waals surface area contributed by atoms with Crippen LogP contribution in [0, 0.1) is 0 Å². The van der Waals surface area contributed by atoms with Crippen LogP contribution in [-0.2, 0) is 12.2 Å². The van der Waals surface area contributed by atoms with E-state index in [-0.39, 0.29) is 12.4 Å². The first kappa shape index (κ1) is 15.9. The van der Waals surface area contributed by atoms with Crippen molar-refractivity contribution in [1.82, 2.24) is 20.0 Å². The first-order valence-corrected chi connectivity index (χ1v) is 8.44. The highest BCUT2D eigenvalue weighted by Crippen LogP contribution is 2.35. The van der Waals surface area contributed by atoms with Crippen LogP contribution in [0.3, 0.4) is 0 Å². The highest BCUT2D eigenvalue weighted by molar-refractivity contribution is 5.53. The lowest BCUT2D eigenvalue weighted by atomic mass is 9.94. The molecule has 25 heavy (non-hydrogen) atoms. The number of rotatable bonds is 4. The zero-order valence-corrected chi connectivity index (χ0v) is 13.8. The molecule has 3 heterocycles. The Morgan fingerprint density at radius 2 is 1.96 bits per heavy atom. The maximum atomic E-state index is 15.5. The monoisotopic (exact) mass is 338 g/mol. The molecule has 1 fully saturated rings. The molecule has 3 aromatic rings. The van der Waals surface area contributed by atoms with Crippen LogP contribution in [0.1, 0.15) is 24.4 Å². The summed E-state index contributed by atoms with van der Waals surface area (Å²) in [4.78, 5) is 10.7. The van der Waals surface area contributed by atoms with Gasteiger partial charge in [-0.15, -0.1) is 0 Å². The van der Waals surface area contributed by atoms with Crippen LogP contribution in [0.2, 0.25) is 0 Å². The van der Waals surface area contributed by atoms with Crippen LogP contribution in [-0.4, -0.2) is 33.1 Å². The molecule has 5 nitrogen and oxygen atoms in total. The third kappa shape index (κ3) is 3.44. The highest BCUT2D eigenvalue weighted by Gasteiger charge is 2.42. The molecule has 128 valence electrons. The van der Waals surface area contributed by atoms with Crippen molar-refractivity contribution in [3.8, 4) is 11.4 Å². The molecule has 0 N–H and O–H groups in total. The van der Waals surface area contributed by atoms with Gasteiger partial charge >= 0.3 is 0 Å². The van der Waals surface area contributed by atoms with Gasteiger partial charge in [0.2, 0.25) is 11.5 Å². The Bertz CT molecular complexity index is 824. The van der Waals surface area contributed by atoms with Crippen LogP contribution >= 0.6 is 0 Å². The van der Waals surface area contributed by atoms with Gasteiger partial charge in [-0.1, -0.05) is 41.6 Å². The third-order valence-corrected chi connectivity index (χ3v) is 4.47. The lowest BCUT2D eigenvalue weighted by molar-refractivity contribution is 0.0119. The minimum atomic E-state index is -1.62. The molecular weight excluding hydrogens is 319 g/mol. The molecule has 4 rings (SSSR count). The average Bonchev–Trinajstić information content (AvgIpc) is 3.15. The summed E-state index contributed by atoms with van der Waals surface area (Å²) in [5.74, 6) is 0.492. The fourth-order valence-corrected chi connectivity index (χ4v) is 3.24. The van der Waals surface area contributed by atoms with E-state index in [1.807, 2.05) is 48.5 Å². The first-order valence-electron chi connectivity index (χ1n) is 8.44. The molecule has 1 unspecified atom stereocenters. The van der Waals surface area contributed by atoms with Crippen molar-refractivity contribution in [3.05, 3.63) is 66.3 Å². The molecule has 0 bridgehead atoms. The number of hydrogen-bond acceptors (Lipinski definition) is 5. The lowest BCUT2D eigenvalue weighted by Gasteiger charge is -2.34. The summed E-state index contributed by atoms with van der Waals surface area (Å²) in [5, 5.41) is 3.96. The summed E-state index contributed by atoms with van der Waals surface area (Å²) >= 11 is 0. The highest BCUT2D eigenvalue weighted by atomic mass is 19.1. The van der Waals surface area contributed by atoms with E-state index in [0.29, 0.717) is 18.8 Å². The van der Waals surface area contributed by atoms with Crippen molar-refractivity contribution >= 4 is 0 Å². The smallest absolute Gasteiger partial charge is 0.265 e. The molecule has 0 spiro atoms. The largest absolute Gasteiger partial charge is 0.335 e. The van der Waals surface area contributed by atoms with Gasteiger partial charge in [0.25, 0.3) is 5.89 Å². The Morgan fingerprint density at radius 1 is 1.12 bits per heavy atom. The molecule has 0 amide bonds. The van der Waals surface area contributed by atoms with E-state index in [2.05, 4.69) is 20.0 Å². The van der Waals surface area contributed by atoms with Crippen molar-refractivity contribution < 1.29 is 8.91 Å². The number of piperidine rings is 1. The Hall–Kier alpha value is -2.60. The van der Waals surface area contributed by atoms with Crippen LogP contribution in [0.25, 0.3) is 11.4 Å². The minimum Gasteiger partial charge on any atom is -0.335 e. The Balaban J connectivity index is 1.52. The third-order valence-electron chi connectivity index (χ3n) is 4.47. The molecule has 0 radical (unpaired) electrons.